The highest BCUT2D eigenvalue weighted by atomic mass is 32.3. The molecule has 1 rings (SSSR count). The van der Waals surface area contributed by atoms with Gasteiger partial charge in [-0.25, -0.2) is 4.18 Å². The Balaban J connectivity index is 2.59. The summed E-state index contributed by atoms with van der Waals surface area (Å²) in [6.45, 7) is 3.19. The van der Waals surface area contributed by atoms with E-state index in [1.807, 2.05) is 0 Å². The van der Waals surface area contributed by atoms with Crippen LogP contribution in [0.2, 0.25) is 0 Å². The molecule has 1 heterocycles. The lowest BCUT2D eigenvalue weighted by atomic mass is 9.99. The van der Waals surface area contributed by atoms with Gasteiger partial charge in [-0.1, -0.05) is 178 Å². The molecule has 7 N–H and O–H groups in total. The van der Waals surface area contributed by atoms with Crippen LogP contribution in [0.4, 0.5) is 0 Å². The third-order valence-electron chi connectivity index (χ3n) is 11.7. The summed E-state index contributed by atoms with van der Waals surface area (Å²) >= 11 is 0. The van der Waals surface area contributed by atoms with Crippen molar-refractivity contribution in [2.24, 2.45) is 0 Å². The molecule has 1 fully saturated rings. The third-order valence-corrected chi connectivity index (χ3v) is 12.1. The molecule has 1 amide bonds. The molecule has 0 aromatic heterocycles. The van der Waals surface area contributed by atoms with Gasteiger partial charge in [0.1, 0.15) is 30.5 Å². The van der Waals surface area contributed by atoms with E-state index in [-0.39, 0.29) is 6.42 Å². The van der Waals surface area contributed by atoms with Crippen LogP contribution in [0.5, 0.6) is 0 Å². The van der Waals surface area contributed by atoms with Crippen LogP contribution >= 0.6 is 0 Å². The first kappa shape index (κ1) is 60.0. The number of carbonyl (C=O) groups excluding carboxylic acids is 1. The quantitative estimate of drug-likeness (QED) is 0.0173. The third kappa shape index (κ3) is 31.9. The van der Waals surface area contributed by atoms with Crippen molar-refractivity contribution in [1.29, 1.82) is 0 Å². The zero-order valence-electron chi connectivity index (χ0n) is 39.7. The molecule has 1 aliphatic heterocycles. The molecule has 13 nitrogen and oxygen atoms in total. The lowest BCUT2D eigenvalue weighted by Crippen LogP contribution is -2.61. The number of ether oxygens (including phenoxy) is 2. The molecule has 0 aliphatic carbocycles. The Morgan fingerprint density at radius 2 is 1.05 bits per heavy atom. The topological polar surface area (TPSA) is 212 Å². The molecular weight excluding hydrogens is 839 g/mol. The van der Waals surface area contributed by atoms with Crippen LogP contribution in [-0.4, -0.2) is 107 Å². The molecule has 1 saturated heterocycles. The predicted octanol–water partition coefficient (Wildman–Crippen LogP) is 9.41. The Morgan fingerprint density at radius 1 is 0.625 bits per heavy atom. The molecular formula is C50H91NO12S. The molecule has 64 heavy (non-hydrogen) atoms. The number of allylic oxidation sites excluding steroid dienone is 7. The van der Waals surface area contributed by atoms with Gasteiger partial charge >= 0.3 is 10.4 Å². The van der Waals surface area contributed by atoms with Crippen molar-refractivity contribution >= 4 is 16.3 Å². The maximum atomic E-state index is 13.1. The molecule has 0 aromatic rings. The maximum absolute atomic E-state index is 13.1. The number of hydrogen-bond donors (Lipinski definition) is 7. The van der Waals surface area contributed by atoms with Crippen molar-refractivity contribution in [3.8, 4) is 0 Å². The molecule has 0 aromatic carbocycles. The Morgan fingerprint density at radius 3 is 1.50 bits per heavy atom. The van der Waals surface area contributed by atoms with Crippen LogP contribution in [0.25, 0.3) is 0 Å². The lowest BCUT2D eigenvalue weighted by molar-refractivity contribution is -0.298. The molecule has 0 saturated carbocycles. The van der Waals surface area contributed by atoms with E-state index in [0.29, 0.717) is 12.8 Å². The van der Waals surface area contributed by atoms with Crippen LogP contribution in [-0.2, 0) is 28.9 Å². The first-order valence-corrected chi connectivity index (χ1v) is 26.5. The van der Waals surface area contributed by atoms with Gasteiger partial charge in [-0.3, -0.25) is 9.35 Å². The summed E-state index contributed by atoms with van der Waals surface area (Å²) in [4.78, 5) is 13.1. The van der Waals surface area contributed by atoms with Gasteiger partial charge < -0.3 is 40.3 Å². The molecule has 0 radical (unpaired) electrons. The zero-order chi connectivity index (χ0) is 47.1. The normalized spacial score (nSPS) is 21.2. The Kier molecular flexibility index (Phi) is 37.6. The molecule has 8 atom stereocenters. The maximum Gasteiger partial charge on any atom is 0.397 e. The number of hydrogen-bond acceptors (Lipinski definition) is 11. The van der Waals surface area contributed by atoms with Gasteiger partial charge in [0.15, 0.2) is 6.29 Å². The standard InChI is InChI=1S/C50H91NO12S/c1-3-5-7-9-11-13-15-17-19-21-23-24-26-28-30-32-34-36-38-43(53)42(41-61-50-47(56)48(63-64(58,59)60)46(55)45(40-52)62-50)51-49(57)44(54)39-37-35-33-31-29-27-25-22-20-18-16-14-12-10-8-6-4-2/h21,23,25,27-28,30,36,38,42-48,50,52-56H,3-20,22,24,26,29,31-35,37,39-41H2,1-2H3,(H,51,57)(H,58,59,60)/b23-21+,27-25-,30-28+,38-36+. The van der Waals surface area contributed by atoms with Gasteiger partial charge in [-0.2, -0.15) is 8.42 Å². The van der Waals surface area contributed by atoms with E-state index < -0.39 is 78.5 Å². The Hall–Kier alpha value is -1.98. The minimum atomic E-state index is -5.13. The number of unbranched alkanes of at least 4 members (excludes halogenated alkanes) is 23. The largest absolute Gasteiger partial charge is 0.397 e. The molecule has 1 aliphatic rings. The first-order chi connectivity index (χ1) is 30.9. The van der Waals surface area contributed by atoms with Crippen molar-refractivity contribution in [3.05, 3.63) is 48.6 Å². The van der Waals surface area contributed by atoms with Gasteiger partial charge in [-0.15, -0.1) is 0 Å². The van der Waals surface area contributed by atoms with Crippen LogP contribution in [0.1, 0.15) is 200 Å². The average molecular weight is 930 g/mol. The summed E-state index contributed by atoms with van der Waals surface area (Å²) in [5.74, 6) is -0.725. The van der Waals surface area contributed by atoms with Crippen LogP contribution in [0.3, 0.4) is 0 Å². The second-order valence-electron chi connectivity index (χ2n) is 17.5. The van der Waals surface area contributed by atoms with Crippen molar-refractivity contribution < 1.29 is 57.0 Å². The lowest BCUT2D eigenvalue weighted by Gasteiger charge is -2.41. The number of aliphatic hydroxyl groups excluding tert-OH is 5. The van der Waals surface area contributed by atoms with Gasteiger partial charge in [0.25, 0.3) is 0 Å². The van der Waals surface area contributed by atoms with Gasteiger partial charge in [0.05, 0.1) is 25.4 Å². The van der Waals surface area contributed by atoms with Crippen LogP contribution in [0, 0.1) is 0 Å². The Bertz CT molecular complexity index is 1340. The van der Waals surface area contributed by atoms with Gasteiger partial charge in [-0.05, 0) is 70.6 Å². The second kappa shape index (κ2) is 40.1. The summed E-state index contributed by atoms with van der Waals surface area (Å²) in [5, 5.41) is 55.3. The summed E-state index contributed by atoms with van der Waals surface area (Å²) in [5.41, 5.74) is 0. The van der Waals surface area contributed by atoms with Crippen LogP contribution < -0.4 is 5.32 Å². The highest BCUT2D eigenvalue weighted by Crippen LogP contribution is 2.26. The fourth-order valence-electron chi connectivity index (χ4n) is 7.66. The monoisotopic (exact) mass is 930 g/mol. The molecule has 8 unspecified atom stereocenters. The van der Waals surface area contributed by atoms with E-state index in [9.17, 15) is 43.3 Å². The number of rotatable bonds is 42. The highest BCUT2D eigenvalue weighted by Gasteiger charge is 2.48. The molecule has 374 valence electrons. The molecule has 0 spiro atoms. The summed E-state index contributed by atoms with van der Waals surface area (Å²) in [6, 6.07) is -1.15. The van der Waals surface area contributed by atoms with E-state index in [1.54, 1.807) is 6.08 Å². The summed E-state index contributed by atoms with van der Waals surface area (Å²) < 4.78 is 47.6. The van der Waals surface area contributed by atoms with Crippen molar-refractivity contribution in [3.63, 3.8) is 0 Å². The molecule has 0 bridgehead atoms. The Labute approximate surface area is 388 Å². The molecule has 14 heteroatoms. The van der Waals surface area contributed by atoms with E-state index in [0.717, 1.165) is 57.8 Å². The van der Waals surface area contributed by atoms with E-state index in [1.165, 1.54) is 115 Å². The SMILES string of the molecule is CCCCCCCCCC/C=C/CC/C=C/CC/C=C/C(O)C(COC1OC(CO)C(O)C(OS(=O)(=O)O)C1O)NC(=O)C(O)CCCCCC/C=C\CCCCCCCCCCC. The van der Waals surface area contributed by atoms with E-state index in [4.69, 9.17) is 9.47 Å². The first-order valence-electron chi connectivity index (χ1n) is 25.1. The number of aliphatic hydroxyl groups is 5. The number of carbonyl (C=O) groups is 1. The fraction of sp³-hybridized carbons (Fsp3) is 0.820. The van der Waals surface area contributed by atoms with E-state index >= 15 is 0 Å². The highest BCUT2D eigenvalue weighted by molar-refractivity contribution is 7.80. The fourth-order valence-corrected chi connectivity index (χ4v) is 8.17. The summed E-state index contributed by atoms with van der Waals surface area (Å²) in [6.07, 6.45) is 37.6. The van der Waals surface area contributed by atoms with Crippen molar-refractivity contribution in [1.82, 2.24) is 5.32 Å². The second-order valence-corrected chi connectivity index (χ2v) is 18.6. The van der Waals surface area contributed by atoms with Crippen molar-refractivity contribution in [2.75, 3.05) is 13.2 Å². The minimum absolute atomic E-state index is 0.219. The van der Waals surface area contributed by atoms with E-state index in [2.05, 4.69) is 59.8 Å². The van der Waals surface area contributed by atoms with Gasteiger partial charge in [0, 0.05) is 0 Å². The zero-order valence-corrected chi connectivity index (χ0v) is 40.5. The minimum Gasteiger partial charge on any atom is -0.394 e. The van der Waals surface area contributed by atoms with Gasteiger partial charge in [0.2, 0.25) is 5.91 Å². The smallest absolute Gasteiger partial charge is 0.394 e. The number of amides is 1. The summed E-state index contributed by atoms with van der Waals surface area (Å²) in [7, 11) is -5.13. The predicted molar refractivity (Wildman–Crippen MR) is 256 cm³/mol. The van der Waals surface area contributed by atoms with Crippen molar-refractivity contribution in [2.45, 2.75) is 249 Å². The average Bonchev–Trinajstić information content (AvgIpc) is 3.27. The number of nitrogens with one attached hydrogen (secondary N) is 1. The van der Waals surface area contributed by atoms with Crippen LogP contribution in [0.15, 0.2) is 48.6 Å².